The summed E-state index contributed by atoms with van der Waals surface area (Å²) < 4.78 is 20.0. The van der Waals surface area contributed by atoms with E-state index in [0.29, 0.717) is 31.1 Å². The molecule has 1 spiro atoms. The Kier molecular flexibility index (Phi) is 4.38. The molecule has 4 heterocycles. The number of aromatic nitrogens is 3. The predicted octanol–water partition coefficient (Wildman–Crippen LogP) is 3.09. The van der Waals surface area contributed by atoms with Crippen LogP contribution in [-0.4, -0.2) is 33.6 Å². The molecule has 0 radical (unpaired) electrons. The van der Waals surface area contributed by atoms with Gasteiger partial charge in [-0.3, -0.25) is 4.68 Å². The lowest BCUT2D eigenvalue weighted by molar-refractivity contribution is -0.161. The van der Waals surface area contributed by atoms with Gasteiger partial charge in [-0.1, -0.05) is 11.6 Å². The lowest BCUT2D eigenvalue weighted by Crippen LogP contribution is -2.56. The largest absolute Gasteiger partial charge is 0.482 e. The molecule has 1 aromatic carbocycles. The predicted molar refractivity (Wildman–Crippen MR) is 114 cm³/mol. The van der Waals surface area contributed by atoms with Gasteiger partial charge in [-0.05, 0) is 32.0 Å². The summed E-state index contributed by atoms with van der Waals surface area (Å²) in [5, 5.41) is 14.4. The van der Waals surface area contributed by atoms with Crippen molar-refractivity contribution in [3.05, 3.63) is 53.0 Å². The molecule has 2 bridgehead atoms. The molecule has 5 rings (SSSR count). The van der Waals surface area contributed by atoms with E-state index >= 15 is 0 Å². The molecule has 2 N–H and O–H groups in total. The zero-order valence-electron chi connectivity index (χ0n) is 17.7. The maximum absolute atomic E-state index is 9.79. The van der Waals surface area contributed by atoms with E-state index in [1.165, 1.54) is 0 Å². The van der Waals surface area contributed by atoms with E-state index < -0.39 is 5.60 Å². The van der Waals surface area contributed by atoms with Gasteiger partial charge in [-0.15, -0.1) is 0 Å². The van der Waals surface area contributed by atoms with E-state index in [0.717, 1.165) is 33.7 Å². The average Bonchev–Trinajstić information content (AvgIpc) is 3.03. The molecule has 2 aromatic heterocycles. The van der Waals surface area contributed by atoms with Gasteiger partial charge in [0.1, 0.15) is 23.6 Å². The molecule has 2 aliphatic rings. The SMILES string of the molecule is Cc1ccc2c(c1)[C@@H](C)Oc1cc(cnc1N)-c1c(nn(C)c1C#N)CC1(COC1)O2. The molecule has 0 aliphatic carbocycles. The van der Waals surface area contributed by atoms with Crippen LogP contribution in [0.5, 0.6) is 11.5 Å². The van der Waals surface area contributed by atoms with Crippen LogP contribution in [0, 0.1) is 18.3 Å². The smallest absolute Gasteiger partial charge is 0.166 e. The molecule has 0 unspecified atom stereocenters. The number of ether oxygens (including phenoxy) is 3. The highest BCUT2D eigenvalue weighted by atomic mass is 16.6. The van der Waals surface area contributed by atoms with Crippen molar-refractivity contribution >= 4 is 5.82 Å². The number of nitrogens with two attached hydrogens (primary N) is 1. The Balaban J connectivity index is 1.75. The fourth-order valence-electron chi connectivity index (χ4n) is 4.22. The molecule has 1 atom stereocenters. The number of fused-ring (bicyclic) bond motifs is 5. The van der Waals surface area contributed by atoms with Crippen LogP contribution < -0.4 is 15.2 Å². The summed E-state index contributed by atoms with van der Waals surface area (Å²) >= 11 is 0. The minimum absolute atomic E-state index is 0.288. The second-order valence-electron chi connectivity index (χ2n) is 8.27. The van der Waals surface area contributed by atoms with Crippen molar-refractivity contribution in [3.8, 4) is 28.7 Å². The third-order valence-electron chi connectivity index (χ3n) is 5.85. The third kappa shape index (κ3) is 3.18. The van der Waals surface area contributed by atoms with Crippen LogP contribution >= 0.6 is 0 Å². The highest BCUT2D eigenvalue weighted by Gasteiger charge is 2.44. The van der Waals surface area contributed by atoms with Crippen LogP contribution in [0.2, 0.25) is 0 Å². The van der Waals surface area contributed by atoms with Crippen LogP contribution in [0.25, 0.3) is 11.1 Å². The molecule has 158 valence electrons. The van der Waals surface area contributed by atoms with Crippen molar-refractivity contribution in [1.29, 1.82) is 5.26 Å². The van der Waals surface area contributed by atoms with Gasteiger partial charge in [0, 0.05) is 36.4 Å². The number of anilines is 1. The molecule has 31 heavy (non-hydrogen) atoms. The molecule has 0 amide bonds. The summed E-state index contributed by atoms with van der Waals surface area (Å²) in [4.78, 5) is 4.34. The minimum Gasteiger partial charge on any atom is -0.482 e. The summed E-state index contributed by atoms with van der Waals surface area (Å²) in [6.07, 6.45) is 1.83. The van der Waals surface area contributed by atoms with Gasteiger partial charge < -0.3 is 19.9 Å². The lowest BCUT2D eigenvalue weighted by atomic mass is 9.91. The van der Waals surface area contributed by atoms with Crippen LogP contribution in [0.3, 0.4) is 0 Å². The zero-order valence-corrected chi connectivity index (χ0v) is 17.7. The van der Waals surface area contributed by atoms with E-state index in [-0.39, 0.29) is 11.9 Å². The number of nitrogen functional groups attached to an aromatic ring is 1. The molecular weight excluding hydrogens is 394 g/mol. The summed E-state index contributed by atoms with van der Waals surface area (Å²) in [7, 11) is 1.76. The van der Waals surface area contributed by atoms with E-state index in [9.17, 15) is 5.26 Å². The van der Waals surface area contributed by atoms with Crippen molar-refractivity contribution in [3.63, 3.8) is 0 Å². The first kappa shape index (κ1) is 19.4. The minimum atomic E-state index is -0.567. The van der Waals surface area contributed by atoms with Crippen molar-refractivity contribution in [2.24, 2.45) is 7.05 Å². The first-order valence-corrected chi connectivity index (χ1v) is 10.1. The van der Waals surface area contributed by atoms with Gasteiger partial charge >= 0.3 is 0 Å². The quantitative estimate of drug-likeness (QED) is 0.599. The number of hydrogen-bond donors (Lipinski definition) is 1. The molecule has 3 aromatic rings. The summed E-state index contributed by atoms with van der Waals surface area (Å²) in [6, 6.07) is 10.1. The highest BCUT2D eigenvalue weighted by molar-refractivity contribution is 5.74. The molecule has 8 heteroatoms. The molecule has 2 aliphatic heterocycles. The van der Waals surface area contributed by atoms with Crippen molar-refractivity contribution in [1.82, 2.24) is 14.8 Å². The number of nitrogens with zero attached hydrogens (tertiary/aromatic N) is 4. The molecule has 1 saturated heterocycles. The van der Waals surface area contributed by atoms with Gasteiger partial charge in [0.15, 0.2) is 17.2 Å². The van der Waals surface area contributed by atoms with E-state index in [2.05, 4.69) is 22.2 Å². The monoisotopic (exact) mass is 417 g/mol. The van der Waals surface area contributed by atoms with Crippen LogP contribution in [-0.2, 0) is 18.2 Å². The van der Waals surface area contributed by atoms with Gasteiger partial charge in [0.2, 0.25) is 0 Å². The average molecular weight is 417 g/mol. The van der Waals surface area contributed by atoms with Gasteiger partial charge in [0.05, 0.1) is 18.9 Å². The molecule has 8 nitrogen and oxygen atoms in total. The van der Waals surface area contributed by atoms with E-state index in [1.54, 1.807) is 17.9 Å². The molecular formula is C23H23N5O3. The third-order valence-corrected chi connectivity index (χ3v) is 5.85. The van der Waals surface area contributed by atoms with Gasteiger partial charge in [-0.25, -0.2) is 4.98 Å². The van der Waals surface area contributed by atoms with Crippen LogP contribution in [0.1, 0.15) is 35.5 Å². The van der Waals surface area contributed by atoms with Gasteiger partial charge in [-0.2, -0.15) is 10.4 Å². The zero-order chi connectivity index (χ0) is 21.8. The van der Waals surface area contributed by atoms with Crippen LogP contribution in [0.15, 0.2) is 30.5 Å². The molecule has 0 saturated carbocycles. The number of benzene rings is 1. The Morgan fingerprint density at radius 2 is 2.06 bits per heavy atom. The topological polar surface area (TPSA) is 108 Å². The number of pyridine rings is 1. The Bertz CT molecular complexity index is 1220. The lowest BCUT2D eigenvalue weighted by Gasteiger charge is -2.42. The van der Waals surface area contributed by atoms with Crippen molar-refractivity contribution < 1.29 is 14.2 Å². The highest BCUT2D eigenvalue weighted by Crippen LogP contribution is 2.40. The maximum Gasteiger partial charge on any atom is 0.166 e. The van der Waals surface area contributed by atoms with E-state index in [4.69, 9.17) is 19.9 Å². The fourth-order valence-corrected chi connectivity index (χ4v) is 4.22. The standard InChI is InChI=1S/C23H23N5O3/c1-13-4-5-19-16(6-13)14(2)30-20-7-15(10-26-22(20)25)21-17(27-28(3)18(21)9-24)8-23(31-19)11-29-12-23/h4-7,10,14H,8,11-12H2,1-3H3,(H2,25,26)/t14-/m1/s1. The first-order valence-electron chi connectivity index (χ1n) is 10.1. The summed E-state index contributed by atoms with van der Waals surface area (Å²) in [5.74, 6) is 1.48. The Labute approximate surface area is 180 Å². The molecule has 1 fully saturated rings. The normalized spacial score (nSPS) is 18.8. The number of rotatable bonds is 0. The summed E-state index contributed by atoms with van der Waals surface area (Å²) in [6.45, 7) is 4.88. The number of aryl methyl sites for hydroxylation is 2. The van der Waals surface area contributed by atoms with Gasteiger partial charge in [0.25, 0.3) is 0 Å². The Hall–Kier alpha value is -3.57. The number of hydrogen-bond acceptors (Lipinski definition) is 7. The maximum atomic E-state index is 9.79. The second kappa shape index (κ2) is 7.00. The Morgan fingerprint density at radius 1 is 1.26 bits per heavy atom. The van der Waals surface area contributed by atoms with E-state index in [1.807, 2.05) is 32.0 Å². The fraction of sp³-hybridized carbons (Fsp3) is 0.348. The first-order chi connectivity index (χ1) is 14.9. The number of nitriles is 1. The Morgan fingerprint density at radius 3 is 2.77 bits per heavy atom. The van der Waals surface area contributed by atoms with Crippen molar-refractivity contribution in [2.75, 3.05) is 18.9 Å². The van der Waals surface area contributed by atoms with Crippen molar-refractivity contribution in [2.45, 2.75) is 32.0 Å². The summed E-state index contributed by atoms with van der Waals surface area (Å²) in [5.41, 5.74) is 10.2. The van der Waals surface area contributed by atoms with Crippen LogP contribution in [0.4, 0.5) is 5.82 Å². The second-order valence-corrected chi connectivity index (χ2v) is 8.27.